The highest BCUT2D eigenvalue weighted by Gasteiger charge is 2.46. The molecule has 6 aliphatic rings. The van der Waals surface area contributed by atoms with Gasteiger partial charge < -0.3 is 34.8 Å². The number of aromatic nitrogens is 3. The van der Waals surface area contributed by atoms with Crippen molar-refractivity contribution in [1.29, 1.82) is 0 Å². The van der Waals surface area contributed by atoms with Crippen molar-refractivity contribution >= 4 is 56.4 Å². The number of likely N-dealkylation sites (tertiary alicyclic amines) is 2. The number of piperidine rings is 2. The Kier molecular flexibility index (Phi) is 9.33. The first-order valence-electron chi connectivity index (χ1n) is 21.7. The third kappa shape index (κ3) is 6.58. The summed E-state index contributed by atoms with van der Waals surface area (Å²) in [5.41, 5.74) is 12.2. The molecule has 0 bridgehead atoms. The van der Waals surface area contributed by atoms with Crippen molar-refractivity contribution in [3.63, 3.8) is 0 Å². The number of halogens is 1. The van der Waals surface area contributed by atoms with Crippen LogP contribution in [0.4, 0.5) is 27.1 Å². The second-order valence-electron chi connectivity index (χ2n) is 17.6. The first-order chi connectivity index (χ1) is 29.3. The SMILES string of the molecule is Cc1ccc2c(CCCN3CC[C@H]4[C@@H](C3)c3cccc5c3N4CC(=O)N5)noc2c1.O=C1CN2c3c(cccc3[C@@H]3CN(CCCc4[nH]nc5cc(F)ccc45)CC[C@@H]32)N1. The number of aromatic amines is 1. The first kappa shape index (κ1) is 37.2. The third-order valence-corrected chi connectivity index (χ3v) is 13.9. The van der Waals surface area contributed by atoms with Crippen molar-refractivity contribution in [3.8, 4) is 0 Å². The maximum Gasteiger partial charge on any atom is 0.243 e. The van der Waals surface area contributed by atoms with Crippen LogP contribution in [-0.4, -0.2) is 101 Å². The van der Waals surface area contributed by atoms with E-state index >= 15 is 0 Å². The molecule has 12 rings (SSSR count). The molecule has 0 aliphatic carbocycles. The molecule has 0 radical (unpaired) electrons. The molecule has 13 heteroatoms. The van der Waals surface area contributed by atoms with Crippen LogP contribution in [0.5, 0.6) is 0 Å². The quantitative estimate of drug-likeness (QED) is 0.150. The number of carbonyl (C=O) groups is 2. The van der Waals surface area contributed by atoms with E-state index in [9.17, 15) is 14.0 Å². The lowest BCUT2D eigenvalue weighted by molar-refractivity contribution is -0.116. The molecule has 6 aromatic rings. The van der Waals surface area contributed by atoms with E-state index in [-0.39, 0.29) is 17.6 Å². The van der Waals surface area contributed by atoms with Gasteiger partial charge in [0.25, 0.3) is 0 Å². The lowest BCUT2D eigenvalue weighted by atomic mass is 9.89. The maximum absolute atomic E-state index is 13.4. The Morgan fingerprint density at radius 3 is 2.02 bits per heavy atom. The summed E-state index contributed by atoms with van der Waals surface area (Å²) >= 11 is 0. The number of hydrogen-bond acceptors (Lipinski definition) is 9. The van der Waals surface area contributed by atoms with Gasteiger partial charge in [-0.25, -0.2) is 4.39 Å². The lowest BCUT2D eigenvalue weighted by Crippen LogP contribution is -2.49. The van der Waals surface area contributed by atoms with Crippen molar-refractivity contribution in [2.45, 2.75) is 69.4 Å². The van der Waals surface area contributed by atoms with Gasteiger partial charge in [-0.05, 0) is 112 Å². The van der Waals surface area contributed by atoms with E-state index < -0.39 is 0 Å². The highest BCUT2D eigenvalue weighted by molar-refractivity contribution is 6.04. The summed E-state index contributed by atoms with van der Waals surface area (Å²) in [6.45, 7) is 9.35. The number of benzene rings is 4. The van der Waals surface area contributed by atoms with E-state index in [2.05, 4.69) is 95.0 Å². The number of amides is 2. The van der Waals surface area contributed by atoms with E-state index in [1.54, 1.807) is 0 Å². The number of fused-ring (bicyclic) bond motifs is 8. The average molecular weight is 808 g/mol. The maximum atomic E-state index is 13.4. The number of nitrogens with one attached hydrogen (secondary N) is 3. The van der Waals surface area contributed by atoms with Gasteiger partial charge in [-0.3, -0.25) is 14.7 Å². The van der Waals surface area contributed by atoms with Gasteiger partial charge in [-0.15, -0.1) is 0 Å². The molecule has 6 aliphatic heterocycles. The molecular weight excluding hydrogens is 758 g/mol. The standard InChI is InChI=1S/C24H26N4O2.C23H24FN5O/c1-15-7-8-17-19(26-30-22(17)12-15)6-3-10-27-11-9-21-18(13-27)16-4-2-5-20-24(16)28(21)14-23(29)25-20;24-14-6-7-16-18(26-27-20(16)11-14)5-2-9-28-10-8-21-17(12-28)15-3-1-4-19-23(15)29(21)13-22(30)25-19/h2,4-5,7-8,12,18,21H,3,6,9-11,13-14H2,1H3,(H,25,29);1,3-4,6-7,11,17,21H,2,5,8-10,12-13H2,(H,25,30)(H,26,27)/t18-,21-;17-,21-/m00/s1. The smallest absolute Gasteiger partial charge is 0.243 e. The zero-order valence-electron chi connectivity index (χ0n) is 33.9. The monoisotopic (exact) mass is 807 g/mol. The van der Waals surface area contributed by atoms with Crippen LogP contribution in [0.2, 0.25) is 0 Å². The zero-order valence-corrected chi connectivity index (χ0v) is 33.9. The predicted molar refractivity (Wildman–Crippen MR) is 231 cm³/mol. The summed E-state index contributed by atoms with van der Waals surface area (Å²) in [6, 6.07) is 24.6. The number of carbonyl (C=O) groups excluding carboxylic acids is 2. The fourth-order valence-electron chi connectivity index (χ4n) is 11.2. The molecule has 2 fully saturated rings. The van der Waals surface area contributed by atoms with Crippen LogP contribution >= 0.6 is 0 Å². The molecule has 4 atom stereocenters. The third-order valence-electron chi connectivity index (χ3n) is 13.9. The fourth-order valence-corrected chi connectivity index (χ4v) is 11.2. The number of aryl methyl sites for hydroxylation is 3. The van der Waals surface area contributed by atoms with Crippen molar-refractivity contribution in [1.82, 2.24) is 25.2 Å². The van der Waals surface area contributed by atoms with Gasteiger partial charge in [-0.1, -0.05) is 35.5 Å². The van der Waals surface area contributed by atoms with Crippen LogP contribution in [0.25, 0.3) is 21.9 Å². The number of para-hydroxylation sites is 2. The van der Waals surface area contributed by atoms with Gasteiger partial charge in [0, 0.05) is 72.6 Å². The fraction of sp³-hybridized carbons (Fsp3) is 0.404. The predicted octanol–water partition coefficient (Wildman–Crippen LogP) is 6.96. The zero-order chi connectivity index (χ0) is 40.5. The Bertz CT molecular complexity index is 2460. The van der Waals surface area contributed by atoms with E-state index in [1.807, 2.05) is 18.2 Å². The molecule has 0 unspecified atom stereocenters. The summed E-state index contributed by atoms with van der Waals surface area (Å²) in [6.07, 6.45) is 6.13. The molecule has 2 aromatic heterocycles. The van der Waals surface area contributed by atoms with E-state index in [4.69, 9.17) is 4.52 Å². The first-order valence-corrected chi connectivity index (χ1v) is 21.7. The normalized spacial score (nSPS) is 22.8. The highest BCUT2D eigenvalue weighted by Crippen LogP contribution is 2.51. The largest absolute Gasteiger partial charge is 0.357 e. The van der Waals surface area contributed by atoms with Crippen molar-refractivity contribution < 1.29 is 18.5 Å². The van der Waals surface area contributed by atoms with Crippen molar-refractivity contribution in [2.24, 2.45) is 0 Å². The van der Waals surface area contributed by atoms with Crippen LogP contribution in [0.3, 0.4) is 0 Å². The van der Waals surface area contributed by atoms with Crippen LogP contribution in [0.1, 0.15) is 65.6 Å². The summed E-state index contributed by atoms with van der Waals surface area (Å²) < 4.78 is 18.9. The number of H-pyrrole nitrogens is 1. The lowest BCUT2D eigenvalue weighted by Gasteiger charge is -2.39. The molecule has 2 saturated heterocycles. The Hall–Kier alpha value is -5.79. The molecule has 12 nitrogen and oxygen atoms in total. The number of anilines is 4. The number of hydrogen-bond donors (Lipinski definition) is 3. The van der Waals surface area contributed by atoms with Gasteiger partial charge in [0.05, 0.1) is 47.0 Å². The molecule has 60 heavy (non-hydrogen) atoms. The van der Waals surface area contributed by atoms with Crippen LogP contribution in [-0.2, 0) is 22.4 Å². The topological polar surface area (TPSA) is 126 Å². The van der Waals surface area contributed by atoms with Gasteiger partial charge in [0.15, 0.2) is 5.58 Å². The minimum atomic E-state index is -0.252. The molecular formula is C47H50FN9O3. The van der Waals surface area contributed by atoms with Gasteiger partial charge in [-0.2, -0.15) is 5.10 Å². The van der Waals surface area contributed by atoms with Gasteiger partial charge in [0.2, 0.25) is 11.8 Å². The molecule has 8 heterocycles. The van der Waals surface area contributed by atoms with E-state index in [0.717, 1.165) is 117 Å². The summed E-state index contributed by atoms with van der Waals surface area (Å²) in [5.74, 6) is 0.889. The van der Waals surface area contributed by atoms with Crippen LogP contribution in [0, 0.1) is 12.7 Å². The van der Waals surface area contributed by atoms with Crippen LogP contribution < -0.4 is 20.4 Å². The summed E-state index contributed by atoms with van der Waals surface area (Å²) in [4.78, 5) is 34.1. The van der Waals surface area contributed by atoms with Crippen LogP contribution in [0.15, 0.2) is 77.3 Å². The average Bonchev–Trinajstić information content (AvgIpc) is 4.00. The second-order valence-corrected chi connectivity index (χ2v) is 17.6. The Morgan fingerprint density at radius 2 is 1.37 bits per heavy atom. The Balaban J connectivity index is 0.000000136. The molecule has 0 spiro atoms. The molecule has 0 saturated carbocycles. The van der Waals surface area contributed by atoms with Gasteiger partial charge >= 0.3 is 0 Å². The molecule has 2 amide bonds. The highest BCUT2D eigenvalue weighted by atomic mass is 19.1. The second kappa shape index (κ2) is 15.0. The van der Waals surface area contributed by atoms with E-state index in [0.29, 0.717) is 42.5 Å². The van der Waals surface area contributed by atoms with Crippen molar-refractivity contribution in [2.75, 3.05) is 72.8 Å². The summed E-state index contributed by atoms with van der Waals surface area (Å²) in [5, 5.41) is 19.9. The molecule has 308 valence electrons. The van der Waals surface area contributed by atoms with Gasteiger partial charge in [0.1, 0.15) is 5.82 Å². The molecule has 3 N–H and O–H groups in total. The Labute approximate surface area is 348 Å². The summed E-state index contributed by atoms with van der Waals surface area (Å²) in [7, 11) is 0. The van der Waals surface area contributed by atoms with Crippen molar-refractivity contribution in [3.05, 3.63) is 107 Å². The molecule has 4 aromatic carbocycles. The Morgan fingerprint density at radius 1 is 0.750 bits per heavy atom. The number of rotatable bonds is 8. The van der Waals surface area contributed by atoms with E-state index in [1.165, 1.54) is 40.2 Å². The minimum absolute atomic E-state index is 0.0920. The minimum Gasteiger partial charge on any atom is -0.357 e. The number of nitrogens with zero attached hydrogens (tertiary/aromatic N) is 6.